The number of hydrogen-bond donors (Lipinski definition) is 1. The topological polar surface area (TPSA) is 40.5 Å². The minimum Gasteiger partial charge on any atom is -0.396 e. The van der Waals surface area contributed by atoms with Crippen LogP contribution in [0.5, 0.6) is 0 Å². The summed E-state index contributed by atoms with van der Waals surface area (Å²) in [5.74, 6) is 0.0959. The van der Waals surface area contributed by atoms with Gasteiger partial charge >= 0.3 is 0 Å². The maximum absolute atomic E-state index is 12.4. The molecule has 0 spiro atoms. The van der Waals surface area contributed by atoms with Crippen LogP contribution in [0.1, 0.15) is 29.6 Å². The molecule has 0 aromatic heterocycles. The van der Waals surface area contributed by atoms with Gasteiger partial charge in [0.15, 0.2) is 0 Å². The van der Waals surface area contributed by atoms with Gasteiger partial charge in [0.25, 0.3) is 5.91 Å². The highest BCUT2D eigenvalue weighted by molar-refractivity contribution is 7.98. The maximum atomic E-state index is 12.4. The molecule has 1 N–H and O–H groups in total. The van der Waals surface area contributed by atoms with Crippen LogP contribution >= 0.6 is 11.8 Å². The van der Waals surface area contributed by atoms with E-state index in [-0.39, 0.29) is 18.6 Å². The smallest absolute Gasteiger partial charge is 0.254 e. The summed E-state index contributed by atoms with van der Waals surface area (Å²) in [5, 5.41) is 9.02. The Hall–Kier alpha value is -1.00. The Morgan fingerprint density at radius 2 is 2.17 bits per heavy atom. The second-order valence-corrected chi connectivity index (χ2v) is 5.42. The number of amides is 1. The van der Waals surface area contributed by atoms with Crippen molar-refractivity contribution in [3.8, 4) is 0 Å². The average Bonchev–Trinajstić information content (AvgIpc) is 2.87. The Bertz CT molecular complexity index is 405. The number of benzene rings is 1. The molecule has 1 aromatic carbocycles. The molecule has 1 heterocycles. The SMILES string of the molecule is CSc1ccc(C(=O)N2CCCC2CCO)cc1. The lowest BCUT2D eigenvalue weighted by molar-refractivity contribution is 0.0716. The van der Waals surface area contributed by atoms with Crippen LogP contribution < -0.4 is 0 Å². The van der Waals surface area contributed by atoms with Crippen molar-refractivity contribution in [3.63, 3.8) is 0 Å². The Labute approximate surface area is 112 Å². The lowest BCUT2D eigenvalue weighted by atomic mass is 10.1. The van der Waals surface area contributed by atoms with Gasteiger partial charge in [-0.15, -0.1) is 11.8 Å². The number of carbonyl (C=O) groups excluding carboxylic acids is 1. The zero-order valence-corrected chi connectivity index (χ0v) is 11.4. The molecule has 98 valence electrons. The number of likely N-dealkylation sites (tertiary alicyclic amines) is 1. The molecule has 0 radical (unpaired) electrons. The predicted molar refractivity (Wildman–Crippen MR) is 74.0 cm³/mol. The molecule has 1 saturated heterocycles. The van der Waals surface area contributed by atoms with Gasteiger partial charge in [-0.05, 0) is 49.8 Å². The predicted octanol–water partition coefficient (Wildman–Crippen LogP) is 2.40. The summed E-state index contributed by atoms with van der Waals surface area (Å²) in [5.41, 5.74) is 0.748. The van der Waals surface area contributed by atoms with E-state index < -0.39 is 0 Å². The fourth-order valence-corrected chi connectivity index (χ4v) is 2.86. The first-order valence-corrected chi connectivity index (χ1v) is 7.54. The van der Waals surface area contributed by atoms with E-state index in [1.165, 1.54) is 4.90 Å². The van der Waals surface area contributed by atoms with Gasteiger partial charge in [-0.1, -0.05) is 0 Å². The Kier molecular flexibility index (Phi) is 4.66. The van der Waals surface area contributed by atoms with E-state index in [0.29, 0.717) is 6.42 Å². The molecule has 1 aliphatic heterocycles. The maximum Gasteiger partial charge on any atom is 0.254 e. The lowest BCUT2D eigenvalue weighted by Crippen LogP contribution is -2.36. The van der Waals surface area contributed by atoms with Crippen LogP contribution in [0.4, 0.5) is 0 Å². The summed E-state index contributed by atoms with van der Waals surface area (Å²) in [6.45, 7) is 0.966. The number of carbonyl (C=O) groups is 1. The number of nitrogens with zero attached hydrogens (tertiary/aromatic N) is 1. The highest BCUT2D eigenvalue weighted by Gasteiger charge is 2.28. The normalized spacial score (nSPS) is 19.2. The quantitative estimate of drug-likeness (QED) is 0.850. The van der Waals surface area contributed by atoms with Crippen LogP contribution in [0.3, 0.4) is 0 Å². The summed E-state index contributed by atoms with van der Waals surface area (Å²) in [4.78, 5) is 15.4. The van der Waals surface area contributed by atoms with Crippen molar-refractivity contribution >= 4 is 17.7 Å². The standard InChI is InChI=1S/C14H19NO2S/c1-18-13-6-4-11(5-7-13)14(17)15-9-2-3-12(15)8-10-16/h4-7,12,16H,2-3,8-10H2,1H3. The summed E-state index contributed by atoms with van der Waals surface area (Å²) in [6, 6.07) is 7.96. The molecule has 1 amide bonds. The van der Waals surface area contributed by atoms with Crippen LogP contribution in [-0.2, 0) is 0 Å². The second kappa shape index (κ2) is 6.25. The lowest BCUT2D eigenvalue weighted by Gasteiger charge is -2.24. The van der Waals surface area contributed by atoms with E-state index in [1.807, 2.05) is 35.4 Å². The number of aliphatic hydroxyl groups is 1. The molecule has 3 nitrogen and oxygen atoms in total. The first-order chi connectivity index (χ1) is 8.76. The fraction of sp³-hybridized carbons (Fsp3) is 0.500. The molecule has 4 heteroatoms. The molecule has 1 aliphatic rings. The van der Waals surface area contributed by atoms with Crippen LogP contribution in [0.15, 0.2) is 29.2 Å². The Morgan fingerprint density at radius 3 is 2.78 bits per heavy atom. The Balaban J connectivity index is 2.09. The van der Waals surface area contributed by atoms with Crippen molar-refractivity contribution < 1.29 is 9.90 Å². The molecule has 0 aliphatic carbocycles. The zero-order chi connectivity index (χ0) is 13.0. The van der Waals surface area contributed by atoms with Crippen molar-refractivity contribution in [2.75, 3.05) is 19.4 Å². The highest BCUT2D eigenvalue weighted by atomic mass is 32.2. The number of aliphatic hydroxyl groups excluding tert-OH is 1. The molecule has 2 rings (SSSR count). The largest absolute Gasteiger partial charge is 0.396 e. The second-order valence-electron chi connectivity index (χ2n) is 4.54. The molecule has 0 saturated carbocycles. The van der Waals surface area contributed by atoms with Gasteiger partial charge < -0.3 is 10.0 Å². The molecule has 18 heavy (non-hydrogen) atoms. The summed E-state index contributed by atoms with van der Waals surface area (Å²) in [6.07, 6.45) is 4.76. The van der Waals surface area contributed by atoms with Gasteiger partial charge in [0, 0.05) is 29.7 Å². The zero-order valence-electron chi connectivity index (χ0n) is 10.6. The first-order valence-electron chi connectivity index (χ1n) is 6.32. The highest BCUT2D eigenvalue weighted by Crippen LogP contribution is 2.23. The van der Waals surface area contributed by atoms with Gasteiger partial charge in [-0.25, -0.2) is 0 Å². The van der Waals surface area contributed by atoms with Gasteiger partial charge in [-0.3, -0.25) is 4.79 Å². The van der Waals surface area contributed by atoms with Crippen molar-refractivity contribution in [2.24, 2.45) is 0 Å². The number of hydrogen-bond acceptors (Lipinski definition) is 3. The van der Waals surface area contributed by atoms with E-state index in [1.54, 1.807) is 11.8 Å². The molecule has 0 bridgehead atoms. The third-order valence-electron chi connectivity index (χ3n) is 3.44. The van der Waals surface area contributed by atoms with Crippen molar-refractivity contribution in [1.29, 1.82) is 0 Å². The first kappa shape index (κ1) is 13.4. The van der Waals surface area contributed by atoms with Gasteiger partial charge in [0.1, 0.15) is 0 Å². The average molecular weight is 265 g/mol. The molecule has 1 aromatic rings. The van der Waals surface area contributed by atoms with Crippen LogP contribution in [0.25, 0.3) is 0 Å². The van der Waals surface area contributed by atoms with E-state index in [2.05, 4.69) is 0 Å². The van der Waals surface area contributed by atoms with Crippen molar-refractivity contribution in [1.82, 2.24) is 4.90 Å². The van der Waals surface area contributed by atoms with Crippen LogP contribution in [0.2, 0.25) is 0 Å². The van der Waals surface area contributed by atoms with Crippen molar-refractivity contribution in [3.05, 3.63) is 29.8 Å². The summed E-state index contributed by atoms with van der Waals surface area (Å²) in [7, 11) is 0. The number of thioether (sulfide) groups is 1. The fourth-order valence-electron chi connectivity index (χ4n) is 2.45. The summed E-state index contributed by atoms with van der Waals surface area (Å²) >= 11 is 1.67. The molecule has 1 atom stereocenters. The monoisotopic (exact) mass is 265 g/mol. The van der Waals surface area contributed by atoms with Crippen LogP contribution in [-0.4, -0.2) is 41.4 Å². The van der Waals surface area contributed by atoms with Crippen LogP contribution in [0, 0.1) is 0 Å². The molecular weight excluding hydrogens is 246 g/mol. The van der Waals surface area contributed by atoms with Gasteiger partial charge in [0.05, 0.1) is 0 Å². The molecule has 1 unspecified atom stereocenters. The van der Waals surface area contributed by atoms with Gasteiger partial charge in [0.2, 0.25) is 0 Å². The third kappa shape index (κ3) is 2.87. The Morgan fingerprint density at radius 1 is 1.44 bits per heavy atom. The van der Waals surface area contributed by atoms with Crippen molar-refractivity contribution in [2.45, 2.75) is 30.2 Å². The summed E-state index contributed by atoms with van der Waals surface area (Å²) < 4.78 is 0. The third-order valence-corrected chi connectivity index (χ3v) is 4.18. The van der Waals surface area contributed by atoms with E-state index in [9.17, 15) is 4.79 Å². The van der Waals surface area contributed by atoms with E-state index in [0.717, 1.165) is 24.9 Å². The van der Waals surface area contributed by atoms with Gasteiger partial charge in [-0.2, -0.15) is 0 Å². The number of rotatable bonds is 4. The minimum absolute atomic E-state index is 0.0959. The minimum atomic E-state index is 0.0959. The molecular formula is C14H19NO2S. The molecule has 1 fully saturated rings. The van der Waals surface area contributed by atoms with E-state index in [4.69, 9.17) is 5.11 Å². The van der Waals surface area contributed by atoms with E-state index >= 15 is 0 Å².